The van der Waals surface area contributed by atoms with E-state index in [2.05, 4.69) is 20.6 Å². The van der Waals surface area contributed by atoms with Gasteiger partial charge >= 0.3 is 6.09 Å². The van der Waals surface area contributed by atoms with Gasteiger partial charge < -0.3 is 10.1 Å². The van der Waals surface area contributed by atoms with Crippen LogP contribution in [0, 0.1) is 0 Å². The van der Waals surface area contributed by atoms with Crippen molar-refractivity contribution in [3.63, 3.8) is 0 Å². The van der Waals surface area contributed by atoms with Gasteiger partial charge in [0.25, 0.3) is 5.56 Å². The van der Waals surface area contributed by atoms with Crippen molar-refractivity contribution in [2.75, 3.05) is 10.6 Å². The number of nitrogens with zero attached hydrogens (tertiary/aromatic N) is 3. The summed E-state index contributed by atoms with van der Waals surface area (Å²) in [5.74, 6) is 0.390. The summed E-state index contributed by atoms with van der Waals surface area (Å²) in [5, 5.41) is 6.61. The Bertz CT molecular complexity index is 1070. The second-order valence-corrected chi connectivity index (χ2v) is 7.63. The number of fused-ring (bicyclic) bond motifs is 1. The molecule has 8 nitrogen and oxygen atoms in total. The number of carbonyl (C=O) groups excluding carboxylic acids is 1. The highest BCUT2D eigenvalue weighted by Crippen LogP contribution is 2.19. The normalized spacial score (nSPS) is 11.3. The Morgan fingerprint density at radius 3 is 2.45 bits per heavy atom. The summed E-state index contributed by atoms with van der Waals surface area (Å²) in [5.41, 5.74) is 1.32. The molecule has 8 heteroatoms. The van der Waals surface area contributed by atoms with E-state index in [4.69, 9.17) is 4.74 Å². The molecule has 0 saturated carbocycles. The van der Waals surface area contributed by atoms with E-state index in [0.717, 1.165) is 17.5 Å². The minimum atomic E-state index is -0.558. The predicted octanol–water partition coefficient (Wildman–Crippen LogP) is 4.29. The first-order valence-corrected chi connectivity index (χ1v) is 9.49. The van der Waals surface area contributed by atoms with E-state index in [9.17, 15) is 9.59 Å². The van der Waals surface area contributed by atoms with Gasteiger partial charge in [0.05, 0.1) is 0 Å². The molecular formula is C21H25N5O3. The second kappa shape index (κ2) is 8.30. The van der Waals surface area contributed by atoms with E-state index in [1.165, 1.54) is 6.07 Å². The Labute approximate surface area is 168 Å². The number of nitrogens with one attached hydrogen (secondary N) is 2. The number of aromatic nitrogens is 3. The molecule has 3 aromatic rings. The third-order valence-corrected chi connectivity index (χ3v) is 3.96. The zero-order valence-corrected chi connectivity index (χ0v) is 17.0. The molecule has 0 saturated heterocycles. The summed E-state index contributed by atoms with van der Waals surface area (Å²) in [6.45, 7) is 8.03. The van der Waals surface area contributed by atoms with E-state index in [0.29, 0.717) is 23.8 Å². The maximum atomic E-state index is 12.1. The number of benzene rings is 1. The van der Waals surface area contributed by atoms with E-state index in [1.807, 2.05) is 27.7 Å². The van der Waals surface area contributed by atoms with Crippen LogP contribution < -0.4 is 16.2 Å². The van der Waals surface area contributed by atoms with E-state index >= 15 is 0 Å². The molecule has 2 N–H and O–H groups in total. The monoisotopic (exact) mass is 395 g/mol. The number of hydrogen-bond acceptors (Lipinski definition) is 6. The van der Waals surface area contributed by atoms with E-state index in [1.54, 1.807) is 41.1 Å². The Hall–Kier alpha value is -3.42. The van der Waals surface area contributed by atoms with Crippen LogP contribution in [0.4, 0.5) is 22.1 Å². The maximum absolute atomic E-state index is 12.1. The molecule has 0 atom stereocenters. The standard InChI is InChI=1S/C21H25N5O3/c1-5-12-26-17(27)11-6-14-13-22-19(25-18(14)26)23-15-7-9-16(10-8-15)24-20(28)29-21(2,3)4/h6-11,13H,5,12H2,1-4H3,(H,24,28)(H,22,23,25). The molecule has 0 bridgehead atoms. The van der Waals surface area contributed by atoms with Crippen molar-refractivity contribution in [1.82, 2.24) is 14.5 Å². The maximum Gasteiger partial charge on any atom is 0.412 e. The van der Waals surface area contributed by atoms with Crippen LogP contribution in [0.5, 0.6) is 0 Å². The molecule has 0 fully saturated rings. The van der Waals surface area contributed by atoms with Crippen LogP contribution >= 0.6 is 0 Å². The lowest BCUT2D eigenvalue weighted by molar-refractivity contribution is 0.0636. The molecule has 0 aliphatic heterocycles. The number of ether oxygens (including phenoxy) is 1. The van der Waals surface area contributed by atoms with Crippen LogP contribution in [0.3, 0.4) is 0 Å². The fraction of sp³-hybridized carbons (Fsp3) is 0.333. The highest BCUT2D eigenvalue weighted by atomic mass is 16.6. The zero-order valence-electron chi connectivity index (χ0n) is 17.0. The molecule has 1 amide bonds. The van der Waals surface area contributed by atoms with E-state index < -0.39 is 11.7 Å². The van der Waals surface area contributed by atoms with Crippen LogP contribution in [0.15, 0.2) is 47.4 Å². The van der Waals surface area contributed by atoms with Crippen LogP contribution in [-0.2, 0) is 11.3 Å². The molecule has 0 aliphatic carbocycles. The van der Waals surface area contributed by atoms with Gasteiger partial charge in [0.1, 0.15) is 11.2 Å². The Kier molecular flexibility index (Phi) is 5.81. The SMILES string of the molecule is CCCn1c(=O)ccc2cnc(Nc3ccc(NC(=O)OC(C)(C)C)cc3)nc21. The lowest BCUT2D eigenvalue weighted by atomic mass is 10.2. The lowest BCUT2D eigenvalue weighted by Gasteiger charge is -2.19. The average Bonchev–Trinajstić information content (AvgIpc) is 2.64. The third kappa shape index (κ3) is 5.31. The van der Waals surface area contributed by atoms with Gasteiger partial charge in [-0.05, 0) is 57.5 Å². The summed E-state index contributed by atoms with van der Waals surface area (Å²) < 4.78 is 6.88. The average molecular weight is 395 g/mol. The van der Waals surface area contributed by atoms with Gasteiger partial charge in [-0.3, -0.25) is 14.7 Å². The molecule has 0 aliphatic rings. The zero-order chi connectivity index (χ0) is 21.0. The molecule has 0 spiro atoms. The number of amides is 1. The lowest BCUT2D eigenvalue weighted by Crippen LogP contribution is -2.27. The van der Waals surface area contributed by atoms with Gasteiger partial charge in [-0.2, -0.15) is 4.98 Å². The highest BCUT2D eigenvalue weighted by Gasteiger charge is 2.16. The topological polar surface area (TPSA) is 98.1 Å². The predicted molar refractivity (Wildman–Crippen MR) is 114 cm³/mol. The molecule has 1 aromatic carbocycles. The van der Waals surface area contributed by atoms with Gasteiger partial charge in [0.15, 0.2) is 0 Å². The fourth-order valence-electron chi connectivity index (χ4n) is 2.76. The Balaban J connectivity index is 1.76. The largest absolute Gasteiger partial charge is 0.444 e. The first-order valence-electron chi connectivity index (χ1n) is 9.49. The number of hydrogen-bond donors (Lipinski definition) is 2. The number of anilines is 3. The van der Waals surface area contributed by atoms with Crippen molar-refractivity contribution < 1.29 is 9.53 Å². The number of pyridine rings is 1. The molecule has 2 aromatic heterocycles. The van der Waals surface area contributed by atoms with Gasteiger partial charge in [-0.1, -0.05) is 6.92 Å². The van der Waals surface area contributed by atoms with Crippen LogP contribution in [0.25, 0.3) is 11.0 Å². The number of carbonyl (C=O) groups is 1. The van der Waals surface area contributed by atoms with Gasteiger partial charge in [0.2, 0.25) is 5.95 Å². The van der Waals surface area contributed by atoms with Crippen LogP contribution in [0.1, 0.15) is 34.1 Å². The molecule has 2 heterocycles. The molecule has 0 unspecified atom stereocenters. The van der Waals surface area contributed by atoms with Crippen molar-refractivity contribution >= 4 is 34.4 Å². The van der Waals surface area contributed by atoms with Gasteiger partial charge in [-0.15, -0.1) is 0 Å². The van der Waals surface area contributed by atoms with Crippen molar-refractivity contribution in [2.45, 2.75) is 46.3 Å². The summed E-state index contributed by atoms with van der Waals surface area (Å²) in [6, 6.07) is 10.4. The van der Waals surface area contributed by atoms with Crippen molar-refractivity contribution in [3.8, 4) is 0 Å². The third-order valence-electron chi connectivity index (χ3n) is 3.96. The highest BCUT2D eigenvalue weighted by molar-refractivity contribution is 5.85. The fourth-order valence-corrected chi connectivity index (χ4v) is 2.76. The van der Waals surface area contributed by atoms with E-state index in [-0.39, 0.29) is 5.56 Å². The number of rotatable bonds is 5. The minimum Gasteiger partial charge on any atom is -0.444 e. The van der Waals surface area contributed by atoms with Crippen molar-refractivity contribution in [2.24, 2.45) is 0 Å². The number of aryl methyl sites for hydroxylation is 1. The van der Waals surface area contributed by atoms with Gasteiger partial charge in [0, 0.05) is 35.6 Å². The summed E-state index contributed by atoms with van der Waals surface area (Å²) >= 11 is 0. The molecule has 0 radical (unpaired) electrons. The summed E-state index contributed by atoms with van der Waals surface area (Å²) in [6.07, 6.45) is 2.01. The molecule has 152 valence electrons. The molecule has 29 heavy (non-hydrogen) atoms. The second-order valence-electron chi connectivity index (χ2n) is 7.63. The molecule has 3 rings (SSSR count). The quantitative estimate of drug-likeness (QED) is 0.669. The van der Waals surface area contributed by atoms with Gasteiger partial charge in [-0.25, -0.2) is 9.78 Å². The van der Waals surface area contributed by atoms with Crippen LogP contribution in [0.2, 0.25) is 0 Å². The summed E-state index contributed by atoms with van der Waals surface area (Å²) in [4.78, 5) is 32.8. The van der Waals surface area contributed by atoms with Crippen LogP contribution in [-0.4, -0.2) is 26.2 Å². The van der Waals surface area contributed by atoms with Crippen molar-refractivity contribution in [1.29, 1.82) is 0 Å². The Morgan fingerprint density at radius 1 is 1.10 bits per heavy atom. The first-order chi connectivity index (χ1) is 13.7. The Morgan fingerprint density at radius 2 is 1.79 bits per heavy atom. The smallest absolute Gasteiger partial charge is 0.412 e. The first kappa shape index (κ1) is 20.3. The minimum absolute atomic E-state index is 0.0819. The van der Waals surface area contributed by atoms with Crippen molar-refractivity contribution in [3.05, 3.63) is 52.9 Å². The summed E-state index contributed by atoms with van der Waals surface area (Å²) in [7, 11) is 0. The molecular weight excluding hydrogens is 370 g/mol.